The number of carboxylic acids is 1. The molecule has 0 unspecified atom stereocenters. The highest BCUT2D eigenvalue weighted by molar-refractivity contribution is 6.16. The molecule has 0 aliphatic carbocycles. The van der Waals surface area contributed by atoms with Crippen LogP contribution in [0.25, 0.3) is 21.9 Å². The average molecular weight is 353 g/mol. The molecule has 1 N–H and O–H groups in total. The number of benzene rings is 2. The van der Waals surface area contributed by atoms with Gasteiger partial charge in [0.05, 0.1) is 10.5 Å². The molecule has 0 fully saturated rings. The fourth-order valence-electron chi connectivity index (χ4n) is 2.33. The molecule has 0 amide bonds. The predicted octanol–water partition coefficient (Wildman–Crippen LogP) is 4.82. The highest BCUT2D eigenvalue weighted by Crippen LogP contribution is 2.39. The minimum Gasteiger partial charge on any atom is -0.478 e. The molecule has 132 valence electrons. The maximum absolute atomic E-state index is 12.5. The number of carbonyl (C=O) groups is 1. The number of halogens is 2. The van der Waals surface area contributed by atoms with E-state index in [9.17, 15) is 28.8 Å². The Labute approximate surface area is 139 Å². The van der Waals surface area contributed by atoms with Gasteiger partial charge < -0.3 is 14.3 Å². The Morgan fingerprint density at radius 1 is 1.28 bits per heavy atom. The lowest BCUT2D eigenvalue weighted by molar-refractivity contribution is -0.384. The number of nitro benzene ring substituents is 1. The number of non-ortho nitro benzene ring substituents is 1. The van der Waals surface area contributed by atoms with Crippen molar-refractivity contribution in [2.24, 2.45) is 0 Å². The van der Waals surface area contributed by atoms with Crippen LogP contribution in [0.15, 0.2) is 34.7 Å². The number of furan rings is 1. The van der Waals surface area contributed by atoms with Crippen molar-refractivity contribution in [2.75, 3.05) is 0 Å². The van der Waals surface area contributed by atoms with Gasteiger partial charge >= 0.3 is 12.6 Å². The Morgan fingerprint density at radius 2 is 1.96 bits per heavy atom. The van der Waals surface area contributed by atoms with Gasteiger partial charge in [0.25, 0.3) is 5.69 Å². The Morgan fingerprint density at radius 3 is 2.52 bits per heavy atom. The number of nitro groups is 1. The highest BCUT2D eigenvalue weighted by atomic mass is 19.3. The third-order valence-electron chi connectivity index (χ3n) is 3.22. The van der Waals surface area contributed by atoms with E-state index in [2.05, 4.69) is 4.74 Å². The van der Waals surface area contributed by atoms with Crippen molar-refractivity contribution >= 4 is 33.6 Å². The van der Waals surface area contributed by atoms with Gasteiger partial charge in [0.1, 0.15) is 5.58 Å². The molecule has 9 heteroatoms. The van der Waals surface area contributed by atoms with Gasteiger partial charge in [-0.3, -0.25) is 10.1 Å². The molecule has 3 rings (SSSR count). The summed E-state index contributed by atoms with van der Waals surface area (Å²) in [5.74, 6) is -1.67. The molecule has 0 atom stereocenters. The Bertz CT molecular complexity index is 951. The summed E-state index contributed by atoms with van der Waals surface area (Å²) >= 11 is 0. The smallest absolute Gasteiger partial charge is 0.387 e. The van der Waals surface area contributed by atoms with Gasteiger partial charge in [-0.2, -0.15) is 8.78 Å². The van der Waals surface area contributed by atoms with E-state index in [-0.39, 0.29) is 38.9 Å². The maximum atomic E-state index is 12.5. The molecule has 0 saturated carbocycles. The summed E-state index contributed by atoms with van der Waals surface area (Å²) in [7, 11) is 0. The summed E-state index contributed by atoms with van der Waals surface area (Å²) in [6.07, 6.45) is 0. The van der Waals surface area contributed by atoms with Crippen LogP contribution >= 0.6 is 0 Å². The minimum absolute atomic E-state index is 0.0330. The Balaban J connectivity index is 0.00000109. The fourth-order valence-corrected chi connectivity index (χ4v) is 2.33. The van der Waals surface area contributed by atoms with Crippen LogP contribution in [0.5, 0.6) is 5.75 Å². The van der Waals surface area contributed by atoms with E-state index in [4.69, 9.17) is 4.42 Å². The molecule has 0 radical (unpaired) electrons. The molecule has 3 aromatic rings. The van der Waals surface area contributed by atoms with Crippen molar-refractivity contribution in [3.8, 4) is 5.75 Å². The van der Waals surface area contributed by atoms with E-state index >= 15 is 0 Å². The van der Waals surface area contributed by atoms with Gasteiger partial charge in [0.2, 0.25) is 0 Å². The van der Waals surface area contributed by atoms with E-state index in [0.29, 0.717) is 0 Å². The summed E-state index contributed by atoms with van der Waals surface area (Å²) in [5.41, 5.74) is -0.600. The maximum Gasteiger partial charge on any atom is 0.387 e. The fraction of sp³-hybridized carbons (Fsp3) is 0.188. The topological polar surface area (TPSA) is 103 Å². The zero-order valence-corrected chi connectivity index (χ0v) is 13.2. The molecule has 7 nitrogen and oxygen atoms in total. The quantitative estimate of drug-likeness (QED) is 0.533. The Hall–Kier alpha value is -3.23. The van der Waals surface area contributed by atoms with Gasteiger partial charge in [-0.15, -0.1) is 0 Å². The van der Waals surface area contributed by atoms with Gasteiger partial charge in [-0.1, -0.05) is 13.8 Å². The van der Waals surface area contributed by atoms with Crippen molar-refractivity contribution in [1.29, 1.82) is 0 Å². The molecule has 1 aromatic heterocycles. The molecule has 1 heterocycles. The first-order valence-corrected chi connectivity index (χ1v) is 7.20. The molecular weight excluding hydrogens is 340 g/mol. The van der Waals surface area contributed by atoms with E-state index < -0.39 is 17.5 Å². The van der Waals surface area contributed by atoms with Crippen molar-refractivity contribution in [2.45, 2.75) is 20.5 Å². The second-order valence-corrected chi connectivity index (χ2v) is 4.54. The normalized spacial score (nSPS) is 10.6. The first-order chi connectivity index (χ1) is 11.9. The molecule has 0 aliphatic heterocycles. The van der Waals surface area contributed by atoms with Crippen LogP contribution in [0.1, 0.15) is 24.2 Å². The number of ether oxygens (including phenoxy) is 1. The largest absolute Gasteiger partial charge is 0.478 e. The van der Waals surface area contributed by atoms with Crippen molar-refractivity contribution in [1.82, 2.24) is 0 Å². The van der Waals surface area contributed by atoms with Gasteiger partial charge in [0.15, 0.2) is 11.3 Å². The van der Waals surface area contributed by atoms with E-state index in [1.165, 1.54) is 12.1 Å². The highest BCUT2D eigenvalue weighted by Gasteiger charge is 2.22. The lowest BCUT2D eigenvalue weighted by Crippen LogP contribution is -2.03. The van der Waals surface area contributed by atoms with Crippen molar-refractivity contribution < 1.29 is 32.8 Å². The summed E-state index contributed by atoms with van der Waals surface area (Å²) in [6.45, 7) is 0.872. The first-order valence-electron chi connectivity index (χ1n) is 7.20. The summed E-state index contributed by atoms with van der Waals surface area (Å²) in [5, 5.41) is 20.2. The van der Waals surface area contributed by atoms with Crippen LogP contribution in [-0.4, -0.2) is 22.6 Å². The van der Waals surface area contributed by atoms with Crippen LogP contribution in [0.4, 0.5) is 14.5 Å². The lowest BCUT2D eigenvalue weighted by Gasteiger charge is -2.06. The average Bonchev–Trinajstić information content (AvgIpc) is 2.95. The van der Waals surface area contributed by atoms with Crippen molar-refractivity contribution in [3.63, 3.8) is 0 Å². The number of rotatable bonds is 4. The second-order valence-electron chi connectivity index (χ2n) is 4.54. The monoisotopic (exact) mass is 353 g/mol. The SMILES string of the molecule is CC.O=C(O)c1ccc(OC(F)F)c2oc3ccc([N+](=O)[O-])cc3c12. The number of hydrogen-bond donors (Lipinski definition) is 1. The second kappa shape index (κ2) is 7.12. The number of carboxylic acid groups (broad SMARTS) is 1. The predicted molar refractivity (Wildman–Crippen MR) is 85.3 cm³/mol. The van der Waals surface area contributed by atoms with Gasteiger partial charge in [-0.25, -0.2) is 4.79 Å². The van der Waals surface area contributed by atoms with E-state index in [0.717, 1.165) is 18.2 Å². The molecular formula is C16H13F2NO6. The van der Waals surface area contributed by atoms with Gasteiger partial charge in [-0.05, 0) is 18.2 Å². The number of aromatic carboxylic acids is 1. The van der Waals surface area contributed by atoms with Crippen LogP contribution in [0.2, 0.25) is 0 Å². The van der Waals surface area contributed by atoms with Crippen LogP contribution in [-0.2, 0) is 0 Å². The third-order valence-corrected chi connectivity index (χ3v) is 3.22. The molecule has 25 heavy (non-hydrogen) atoms. The zero-order chi connectivity index (χ0) is 18.7. The van der Waals surface area contributed by atoms with Crippen LogP contribution in [0.3, 0.4) is 0 Å². The number of alkyl halides is 2. The minimum atomic E-state index is -3.13. The lowest BCUT2D eigenvalue weighted by atomic mass is 10.1. The van der Waals surface area contributed by atoms with Crippen LogP contribution in [0, 0.1) is 10.1 Å². The van der Waals surface area contributed by atoms with Crippen LogP contribution < -0.4 is 4.74 Å². The molecule has 0 saturated heterocycles. The third kappa shape index (κ3) is 3.35. The van der Waals surface area contributed by atoms with Crippen molar-refractivity contribution in [3.05, 3.63) is 46.0 Å². The molecule has 0 spiro atoms. The molecule has 0 bridgehead atoms. The summed E-state index contributed by atoms with van der Waals surface area (Å²) in [4.78, 5) is 21.6. The number of fused-ring (bicyclic) bond motifs is 3. The standard InChI is InChI=1S/C14H7F2NO6.C2H6/c15-14(16)23-10-4-2-7(13(18)19)11-8-5-6(17(20)21)1-3-9(8)22-12(10)11;1-2/h1-5,14H,(H,18,19);1-2H3. The van der Waals surface area contributed by atoms with Gasteiger partial charge in [0, 0.05) is 22.9 Å². The molecule has 2 aromatic carbocycles. The number of hydrogen-bond acceptors (Lipinski definition) is 5. The van der Waals surface area contributed by atoms with E-state index in [1.54, 1.807) is 0 Å². The Kier molecular flexibility index (Phi) is 5.16. The summed E-state index contributed by atoms with van der Waals surface area (Å²) in [6, 6.07) is 5.69. The number of nitrogens with zero attached hydrogens (tertiary/aromatic N) is 1. The first kappa shape index (κ1) is 18.1. The van der Waals surface area contributed by atoms with E-state index in [1.807, 2.05) is 13.8 Å². The zero-order valence-electron chi connectivity index (χ0n) is 13.2. The summed E-state index contributed by atoms with van der Waals surface area (Å²) < 4.78 is 34.6. The molecule has 0 aliphatic rings.